The average Bonchev–Trinajstić information content (AvgIpc) is 1.36. The molecule has 6 heavy (non-hydrogen) atoms. The minimum absolute atomic E-state index is 0.713. The van der Waals surface area contributed by atoms with Crippen molar-refractivity contribution in [2.45, 2.75) is 6.92 Å². The number of ketones is 1. The van der Waals surface area contributed by atoms with Gasteiger partial charge in [-0.05, 0) is 0 Å². The number of aliphatic hydroxyl groups is 2. The molecule has 0 aliphatic rings. The summed E-state index contributed by atoms with van der Waals surface area (Å²) in [7, 11) is 0. The van der Waals surface area contributed by atoms with Crippen LogP contribution in [0.1, 0.15) is 6.92 Å². The largest absolute Gasteiger partial charge is 0.355 e. The van der Waals surface area contributed by atoms with Gasteiger partial charge in [0, 0.05) is 6.92 Å². The van der Waals surface area contributed by atoms with Crippen LogP contribution in [0.4, 0.5) is 0 Å². The van der Waals surface area contributed by atoms with Crippen molar-refractivity contribution in [1.82, 2.24) is 0 Å². The highest BCUT2D eigenvalue weighted by Gasteiger charge is 2.02. The van der Waals surface area contributed by atoms with E-state index in [9.17, 15) is 4.79 Å². The Morgan fingerprint density at radius 1 is 1.50 bits per heavy atom. The maximum atomic E-state index is 9.61. The highest BCUT2D eigenvalue weighted by molar-refractivity contribution is 5.85. The van der Waals surface area contributed by atoms with Gasteiger partial charge in [0.1, 0.15) is 0 Å². The molecule has 0 heterocycles. The van der Waals surface area contributed by atoms with Crippen molar-refractivity contribution in [3.63, 3.8) is 0 Å². The second-order valence-corrected chi connectivity index (χ2v) is 0.880. The monoisotopic (exact) mass is 89.0 g/mol. The summed E-state index contributed by atoms with van der Waals surface area (Å²) in [6.45, 7) is 1.06. The van der Waals surface area contributed by atoms with Gasteiger partial charge in [-0.15, -0.1) is 0 Å². The molecule has 0 aromatic heterocycles. The van der Waals surface area contributed by atoms with Crippen LogP contribution in [0.15, 0.2) is 0 Å². The van der Waals surface area contributed by atoms with Crippen molar-refractivity contribution in [1.29, 1.82) is 0 Å². The number of rotatable bonds is 1. The van der Waals surface area contributed by atoms with Gasteiger partial charge in [0.15, 0.2) is 5.78 Å². The van der Waals surface area contributed by atoms with Gasteiger partial charge in [-0.1, -0.05) is 0 Å². The molecule has 0 unspecified atom stereocenters. The first-order chi connectivity index (χ1) is 2.64. The van der Waals surface area contributed by atoms with E-state index < -0.39 is 12.1 Å². The van der Waals surface area contributed by atoms with E-state index in [1.54, 1.807) is 0 Å². The molecule has 1 radical (unpaired) electrons. The van der Waals surface area contributed by atoms with Gasteiger partial charge < -0.3 is 10.2 Å². The van der Waals surface area contributed by atoms with Crippen LogP contribution in [0.5, 0.6) is 0 Å². The molecular formula is C3H5O3. The first kappa shape index (κ1) is 5.59. The molecule has 0 fully saturated rings. The summed E-state index contributed by atoms with van der Waals surface area (Å²) < 4.78 is 0. The lowest BCUT2D eigenvalue weighted by Gasteiger charge is -1.86. The van der Waals surface area contributed by atoms with Crippen LogP contribution in [-0.2, 0) is 4.79 Å². The van der Waals surface area contributed by atoms with E-state index in [0.717, 1.165) is 6.92 Å². The average molecular weight is 89.1 g/mol. The Balaban J connectivity index is 3.26. The predicted molar refractivity (Wildman–Crippen MR) is 17.8 cm³/mol. The number of carbonyl (C=O) groups excluding carboxylic acids is 1. The third-order valence-corrected chi connectivity index (χ3v) is 0.315. The Labute approximate surface area is 35.2 Å². The van der Waals surface area contributed by atoms with Crippen LogP contribution in [0, 0.1) is 6.29 Å². The fourth-order valence-corrected chi connectivity index (χ4v) is 0. The molecule has 0 rings (SSSR count). The Bertz CT molecular complexity index is 57.1. The van der Waals surface area contributed by atoms with E-state index in [2.05, 4.69) is 0 Å². The van der Waals surface area contributed by atoms with E-state index in [1.165, 1.54) is 0 Å². The lowest BCUT2D eigenvalue weighted by Crippen LogP contribution is -2.03. The summed E-state index contributed by atoms with van der Waals surface area (Å²) in [5.41, 5.74) is 0. The topological polar surface area (TPSA) is 57.5 Å². The van der Waals surface area contributed by atoms with Gasteiger partial charge in [0.2, 0.25) is 0 Å². The number of hydrogen-bond donors (Lipinski definition) is 2. The fourth-order valence-electron chi connectivity index (χ4n) is 0. The Morgan fingerprint density at radius 2 is 1.67 bits per heavy atom. The summed E-state index contributed by atoms with van der Waals surface area (Å²) in [6.07, 6.45) is -1.13. The molecule has 0 atom stereocenters. The van der Waals surface area contributed by atoms with Gasteiger partial charge in [0.25, 0.3) is 6.29 Å². The van der Waals surface area contributed by atoms with Crippen molar-refractivity contribution in [2.24, 2.45) is 0 Å². The molecule has 3 heteroatoms. The van der Waals surface area contributed by atoms with E-state index in [-0.39, 0.29) is 0 Å². The van der Waals surface area contributed by atoms with Gasteiger partial charge in [-0.3, -0.25) is 4.79 Å². The highest BCUT2D eigenvalue weighted by Crippen LogP contribution is 1.83. The lowest BCUT2D eigenvalue weighted by molar-refractivity contribution is -0.126. The van der Waals surface area contributed by atoms with Gasteiger partial charge in [0.05, 0.1) is 0 Å². The fraction of sp³-hybridized carbons (Fsp3) is 0.333. The van der Waals surface area contributed by atoms with Crippen LogP contribution >= 0.6 is 0 Å². The molecule has 3 nitrogen and oxygen atoms in total. The maximum Gasteiger partial charge on any atom is 0.287 e. The molecule has 0 aromatic carbocycles. The normalized spacial score (nSPS) is 9.33. The second-order valence-electron chi connectivity index (χ2n) is 0.880. The summed E-state index contributed by atoms with van der Waals surface area (Å²) in [4.78, 5) is 9.61. The molecule has 0 bridgehead atoms. The summed E-state index contributed by atoms with van der Waals surface area (Å²) in [6, 6.07) is 0. The van der Waals surface area contributed by atoms with Crippen molar-refractivity contribution < 1.29 is 15.0 Å². The van der Waals surface area contributed by atoms with E-state index >= 15 is 0 Å². The third-order valence-electron chi connectivity index (χ3n) is 0.315. The second kappa shape index (κ2) is 1.89. The molecule has 0 amide bonds. The van der Waals surface area contributed by atoms with Crippen LogP contribution in [0.3, 0.4) is 0 Å². The molecular weight excluding hydrogens is 84.0 g/mol. The molecule has 0 aromatic rings. The molecule has 0 aliphatic heterocycles. The van der Waals surface area contributed by atoms with Crippen LogP contribution < -0.4 is 0 Å². The molecule has 0 spiro atoms. The van der Waals surface area contributed by atoms with Crippen molar-refractivity contribution in [3.8, 4) is 0 Å². The van der Waals surface area contributed by atoms with Crippen molar-refractivity contribution in [2.75, 3.05) is 0 Å². The zero-order valence-electron chi connectivity index (χ0n) is 3.30. The molecule has 35 valence electrons. The number of Topliss-reactive ketones (excluding diaryl/α,β-unsaturated/α-hetero) is 1. The first-order valence-corrected chi connectivity index (χ1v) is 1.40. The highest BCUT2D eigenvalue weighted by atomic mass is 16.5. The smallest absolute Gasteiger partial charge is 0.287 e. The van der Waals surface area contributed by atoms with Crippen LogP contribution in [0.25, 0.3) is 0 Å². The minimum atomic E-state index is -1.13. The Kier molecular flexibility index (Phi) is 1.76. The van der Waals surface area contributed by atoms with Crippen LogP contribution in [0.2, 0.25) is 0 Å². The Morgan fingerprint density at radius 3 is 1.67 bits per heavy atom. The quantitative estimate of drug-likeness (QED) is 0.468. The number of aliphatic hydroxyl groups excluding tert-OH is 1. The predicted octanol–water partition coefficient (Wildman–Crippen LogP) is -0.190. The van der Waals surface area contributed by atoms with Gasteiger partial charge >= 0.3 is 0 Å². The SMILES string of the molecule is CC(=O)[C](O)O. The standard InChI is InChI=1S/C3H5O3/c1-2(4)3(5)6/h5-6H,1H3. The van der Waals surface area contributed by atoms with Gasteiger partial charge in [-0.2, -0.15) is 0 Å². The van der Waals surface area contributed by atoms with Crippen LogP contribution in [-0.4, -0.2) is 16.0 Å². The zero-order valence-corrected chi connectivity index (χ0v) is 3.30. The number of carbonyl (C=O) groups is 1. The zero-order chi connectivity index (χ0) is 5.15. The molecule has 0 saturated heterocycles. The molecule has 2 N–H and O–H groups in total. The molecule has 0 aliphatic carbocycles. The van der Waals surface area contributed by atoms with E-state index in [4.69, 9.17) is 10.2 Å². The minimum Gasteiger partial charge on any atom is -0.355 e. The summed E-state index contributed by atoms with van der Waals surface area (Å²) >= 11 is 0. The van der Waals surface area contributed by atoms with E-state index in [0.29, 0.717) is 0 Å². The summed E-state index contributed by atoms with van der Waals surface area (Å²) in [5, 5.41) is 15.5. The molecule has 0 saturated carbocycles. The van der Waals surface area contributed by atoms with E-state index in [1.807, 2.05) is 0 Å². The first-order valence-electron chi connectivity index (χ1n) is 1.40. The third kappa shape index (κ3) is 1.87. The Hall–Kier alpha value is -0.410. The maximum absolute atomic E-state index is 9.61. The summed E-state index contributed by atoms with van der Waals surface area (Å²) in [5.74, 6) is -0.713. The van der Waals surface area contributed by atoms with Crippen molar-refractivity contribution >= 4 is 5.78 Å². The number of hydrogen-bond acceptors (Lipinski definition) is 3. The van der Waals surface area contributed by atoms with Crippen molar-refractivity contribution in [3.05, 3.63) is 6.29 Å². The lowest BCUT2D eigenvalue weighted by atomic mass is 10.4. The van der Waals surface area contributed by atoms with Gasteiger partial charge in [-0.25, -0.2) is 0 Å².